The van der Waals surface area contributed by atoms with E-state index >= 15 is 0 Å². The number of rotatable bonds is 3. The van der Waals surface area contributed by atoms with Gasteiger partial charge in [-0.05, 0) is 40.8 Å². The van der Waals surface area contributed by atoms with Crippen LogP contribution < -0.4 is 4.90 Å². The Morgan fingerprint density at radius 2 is 2.31 bits per heavy atom. The number of halogens is 2. The van der Waals surface area contributed by atoms with Gasteiger partial charge in [-0.25, -0.2) is 4.98 Å². The molecule has 16 heavy (non-hydrogen) atoms. The Balaban J connectivity index is 2.00. The van der Waals surface area contributed by atoms with E-state index in [9.17, 15) is 5.11 Å². The molecule has 0 atom stereocenters. The average molecular weight is 306 g/mol. The lowest BCUT2D eigenvalue weighted by Crippen LogP contribution is -2.37. The first-order valence-corrected chi connectivity index (χ1v) is 6.43. The third-order valence-corrected chi connectivity index (χ3v) is 3.60. The van der Waals surface area contributed by atoms with Gasteiger partial charge in [0.25, 0.3) is 0 Å². The summed E-state index contributed by atoms with van der Waals surface area (Å²) in [6, 6.07) is 1.84. The predicted octanol–water partition coefficient (Wildman–Crippen LogP) is 2.70. The summed E-state index contributed by atoms with van der Waals surface area (Å²) in [5.74, 6) is 1.35. The molecule has 0 radical (unpaired) electrons. The molecule has 3 nitrogen and oxygen atoms in total. The Labute approximate surface area is 109 Å². The molecule has 0 saturated heterocycles. The van der Waals surface area contributed by atoms with Gasteiger partial charge in [-0.2, -0.15) is 0 Å². The van der Waals surface area contributed by atoms with E-state index in [1.807, 2.05) is 18.0 Å². The van der Waals surface area contributed by atoms with E-state index in [2.05, 4.69) is 20.9 Å². The third-order valence-electron chi connectivity index (χ3n) is 2.89. The molecule has 0 amide bonds. The minimum atomic E-state index is -0.105. The molecule has 1 saturated carbocycles. The molecule has 5 heteroatoms. The van der Waals surface area contributed by atoms with E-state index < -0.39 is 0 Å². The van der Waals surface area contributed by atoms with Crippen molar-refractivity contribution in [3.8, 4) is 0 Å². The van der Waals surface area contributed by atoms with Gasteiger partial charge in [0.05, 0.1) is 11.1 Å². The molecule has 2 rings (SSSR count). The summed E-state index contributed by atoms with van der Waals surface area (Å²) >= 11 is 9.44. The van der Waals surface area contributed by atoms with Crippen LogP contribution >= 0.6 is 27.5 Å². The molecular weight excluding hydrogens is 291 g/mol. The lowest BCUT2D eigenvalue weighted by atomic mass is 9.82. The Hall–Kier alpha value is -0.320. The molecular formula is C11H14BrClN2O. The molecule has 1 aliphatic rings. The van der Waals surface area contributed by atoms with E-state index in [1.165, 1.54) is 0 Å². The van der Waals surface area contributed by atoms with Crippen molar-refractivity contribution in [1.82, 2.24) is 4.98 Å². The number of pyridine rings is 1. The summed E-state index contributed by atoms with van der Waals surface area (Å²) in [4.78, 5) is 6.34. The smallest absolute Gasteiger partial charge is 0.147 e. The Morgan fingerprint density at radius 3 is 2.88 bits per heavy atom. The van der Waals surface area contributed by atoms with Gasteiger partial charge in [-0.15, -0.1) is 0 Å². The summed E-state index contributed by atoms with van der Waals surface area (Å²) in [5.41, 5.74) is 0. The van der Waals surface area contributed by atoms with Crippen molar-refractivity contribution in [2.75, 3.05) is 18.5 Å². The quantitative estimate of drug-likeness (QED) is 0.933. The van der Waals surface area contributed by atoms with Gasteiger partial charge in [0, 0.05) is 24.3 Å². The second-order valence-corrected chi connectivity index (χ2v) is 5.65. The van der Waals surface area contributed by atoms with E-state index in [0.29, 0.717) is 10.9 Å². The second-order valence-electron chi connectivity index (χ2n) is 4.33. The Kier molecular flexibility index (Phi) is 3.72. The highest BCUT2D eigenvalue weighted by Gasteiger charge is 2.28. The normalized spacial score (nSPS) is 24.0. The SMILES string of the molecule is CN(CC1CC(O)C1)c1ncc(Br)cc1Cl. The number of hydrogen-bond donors (Lipinski definition) is 1. The van der Waals surface area contributed by atoms with Gasteiger partial charge in [0.1, 0.15) is 5.82 Å². The van der Waals surface area contributed by atoms with Crippen molar-refractivity contribution in [2.24, 2.45) is 5.92 Å². The van der Waals surface area contributed by atoms with Crippen molar-refractivity contribution >= 4 is 33.3 Å². The van der Waals surface area contributed by atoms with E-state index in [-0.39, 0.29) is 6.10 Å². The van der Waals surface area contributed by atoms with Gasteiger partial charge < -0.3 is 10.0 Å². The molecule has 88 valence electrons. The minimum absolute atomic E-state index is 0.105. The number of nitrogens with zero attached hydrogens (tertiary/aromatic N) is 2. The van der Waals surface area contributed by atoms with Gasteiger partial charge in [-0.3, -0.25) is 0 Å². The summed E-state index contributed by atoms with van der Waals surface area (Å²) in [6.07, 6.45) is 3.41. The summed E-state index contributed by atoms with van der Waals surface area (Å²) in [5, 5.41) is 9.88. The fourth-order valence-corrected chi connectivity index (χ4v) is 2.79. The van der Waals surface area contributed by atoms with E-state index in [4.69, 9.17) is 11.6 Å². The standard InChI is InChI=1S/C11H14BrClN2O/c1-15(6-7-2-9(16)3-7)11-10(13)4-8(12)5-14-11/h4-5,7,9,16H,2-3,6H2,1H3. The van der Waals surface area contributed by atoms with Crippen LogP contribution in [-0.4, -0.2) is 29.8 Å². The number of aliphatic hydroxyl groups is 1. The highest BCUT2D eigenvalue weighted by atomic mass is 79.9. The number of aromatic nitrogens is 1. The fraction of sp³-hybridized carbons (Fsp3) is 0.545. The van der Waals surface area contributed by atoms with Crippen LogP contribution in [0.5, 0.6) is 0 Å². The van der Waals surface area contributed by atoms with Crippen LogP contribution in [0.4, 0.5) is 5.82 Å². The van der Waals surface area contributed by atoms with Gasteiger partial charge in [-0.1, -0.05) is 11.6 Å². The molecule has 1 aliphatic carbocycles. The van der Waals surface area contributed by atoms with Crippen LogP contribution in [-0.2, 0) is 0 Å². The summed E-state index contributed by atoms with van der Waals surface area (Å²) < 4.78 is 0.883. The minimum Gasteiger partial charge on any atom is -0.393 e. The topological polar surface area (TPSA) is 36.4 Å². The van der Waals surface area contributed by atoms with Crippen LogP contribution in [0.25, 0.3) is 0 Å². The third kappa shape index (κ3) is 2.67. The fourth-order valence-electron chi connectivity index (χ4n) is 2.01. The first-order chi connectivity index (χ1) is 7.56. The highest BCUT2D eigenvalue weighted by Crippen LogP contribution is 2.31. The van der Waals surface area contributed by atoms with E-state index in [0.717, 1.165) is 29.7 Å². The predicted molar refractivity (Wildman–Crippen MR) is 68.9 cm³/mol. The molecule has 1 aromatic rings. The zero-order valence-electron chi connectivity index (χ0n) is 9.03. The summed E-state index contributed by atoms with van der Waals surface area (Å²) in [6.45, 7) is 0.894. The maximum atomic E-state index is 9.23. The van der Waals surface area contributed by atoms with Gasteiger partial charge in [0.15, 0.2) is 0 Å². The molecule has 1 N–H and O–H groups in total. The van der Waals surface area contributed by atoms with Crippen LogP contribution in [0, 0.1) is 5.92 Å². The van der Waals surface area contributed by atoms with Gasteiger partial charge >= 0.3 is 0 Å². The van der Waals surface area contributed by atoms with Gasteiger partial charge in [0.2, 0.25) is 0 Å². The molecule has 0 aliphatic heterocycles. The molecule has 1 heterocycles. The largest absolute Gasteiger partial charge is 0.393 e. The second kappa shape index (κ2) is 4.90. The molecule has 0 bridgehead atoms. The molecule has 0 unspecified atom stereocenters. The molecule has 1 fully saturated rings. The lowest BCUT2D eigenvalue weighted by molar-refractivity contribution is 0.0464. The van der Waals surface area contributed by atoms with Crippen LogP contribution in [0.3, 0.4) is 0 Å². The zero-order chi connectivity index (χ0) is 11.7. The Bertz CT molecular complexity index is 382. The Morgan fingerprint density at radius 1 is 1.62 bits per heavy atom. The molecule has 0 aromatic carbocycles. The van der Waals surface area contributed by atoms with Crippen molar-refractivity contribution in [3.63, 3.8) is 0 Å². The van der Waals surface area contributed by atoms with E-state index in [1.54, 1.807) is 6.20 Å². The maximum absolute atomic E-state index is 9.23. The first kappa shape index (κ1) is 12.1. The molecule has 0 spiro atoms. The number of hydrogen-bond acceptors (Lipinski definition) is 3. The monoisotopic (exact) mass is 304 g/mol. The zero-order valence-corrected chi connectivity index (χ0v) is 11.4. The first-order valence-electron chi connectivity index (χ1n) is 5.26. The van der Waals surface area contributed by atoms with Crippen LogP contribution in [0.1, 0.15) is 12.8 Å². The van der Waals surface area contributed by atoms with Crippen LogP contribution in [0.2, 0.25) is 5.02 Å². The van der Waals surface area contributed by atoms with Crippen molar-refractivity contribution in [2.45, 2.75) is 18.9 Å². The highest BCUT2D eigenvalue weighted by molar-refractivity contribution is 9.10. The lowest BCUT2D eigenvalue weighted by Gasteiger charge is -2.35. The summed E-state index contributed by atoms with van der Waals surface area (Å²) in [7, 11) is 1.98. The van der Waals surface area contributed by atoms with Crippen molar-refractivity contribution in [3.05, 3.63) is 21.8 Å². The van der Waals surface area contributed by atoms with Crippen molar-refractivity contribution in [1.29, 1.82) is 0 Å². The molecule has 1 aromatic heterocycles. The average Bonchev–Trinajstić information content (AvgIpc) is 2.15. The maximum Gasteiger partial charge on any atom is 0.147 e. The number of aliphatic hydroxyl groups excluding tert-OH is 1. The number of anilines is 1. The van der Waals surface area contributed by atoms with Crippen molar-refractivity contribution < 1.29 is 5.11 Å². The van der Waals surface area contributed by atoms with Crippen LogP contribution in [0.15, 0.2) is 16.7 Å².